The van der Waals surface area contributed by atoms with E-state index in [9.17, 15) is 4.79 Å². The maximum absolute atomic E-state index is 11.6. The molecular weight excluding hydrogens is 252 g/mol. The van der Waals surface area contributed by atoms with Crippen LogP contribution in [-0.4, -0.2) is 43.8 Å². The minimum absolute atomic E-state index is 0.224. The Morgan fingerprint density at radius 2 is 2.15 bits per heavy atom. The molecule has 2 heterocycles. The number of carbonyl (C=O) groups is 1. The summed E-state index contributed by atoms with van der Waals surface area (Å²) < 4.78 is 4.99. The Hall–Kier alpha value is -1.55. The molecule has 1 aliphatic carbocycles. The Morgan fingerprint density at radius 1 is 1.35 bits per heavy atom. The van der Waals surface area contributed by atoms with Crippen LogP contribution in [0.5, 0.6) is 0 Å². The lowest BCUT2D eigenvalue weighted by atomic mass is 9.95. The zero-order valence-corrected chi connectivity index (χ0v) is 11.8. The molecule has 1 amide bonds. The number of likely N-dealkylation sites (N-methyl/N-ethyl adjacent to an activating group) is 1. The first kappa shape index (κ1) is 12.2. The van der Waals surface area contributed by atoms with Crippen LogP contribution in [0, 0.1) is 5.92 Å². The summed E-state index contributed by atoms with van der Waals surface area (Å²) in [7, 11) is 0. The Kier molecular flexibility index (Phi) is 2.58. The van der Waals surface area contributed by atoms with Gasteiger partial charge < -0.3 is 9.64 Å². The van der Waals surface area contributed by atoms with E-state index in [1.165, 1.54) is 25.1 Å². The SMILES string of the molecule is CCN1C[C@H]2C[C@@]2(c2ccc(N3CCOC3=O)cc2)C1. The fourth-order valence-corrected chi connectivity index (χ4v) is 3.88. The minimum Gasteiger partial charge on any atom is -0.447 e. The fourth-order valence-electron chi connectivity index (χ4n) is 3.88. The van der Waals surface area contributed by atoms with Crippen LogP contribution >= 0.6 is 0 Å². The summed E-state index contributed by atoms with van der Waals surface area (Å²) in [5.74, 6) is 0.838. The summed E-state index contributed by atoms with van der Waals surface area (Å²) >= 11 is 0. The number of fused-ring (bicyclic) bond motifs is 1. The zero-order chi connectivity index (χ0) is 13.7. The van der Waals surface area contributed by atoms with Crippen LogP contribution in [0.15, 0.2) is 24.3 Å². The monoisotopic (exact) mass is 272 g/mol. The van der Waals surface area contributed by atoms with E-state index >= 15 is 0 Å². The van der Waals surface area contributed by atoms with E-state index in [1.54, 1.807) is 4.90 Å². The number of amides is 1. The minimum atomic E-state index is -0.224. The second-order valence-corrected chi connectivity index (χ2v) is 6.20. The molecule has 1 saturated carbocycles. The number of hydrogen-bond acceptors (Lipinski definition) is 3. The van der Waals surface area contributed by atoms with Gasteiger partial charge >= 0.3 is 6.09 Å². The molecule has 2 aliphatic heterocycles. The molecule has 0 radical (unpaired) electrons. The molecule has 106 valence electrons. The molecule has 20 heavy (non-hydrogen) atoms. The first-order valence-corrected chi connectivity index (χ1v) is 7.50. The number of ether oxygens (including phenoxy) is 1. The standard InChI is InChI=1S/C16H20N2O2/c1-2-17-10-13-9-16(13,11-17)12-3-5-14(6-4-12)18-7-8-20-15(18)19/h3-6,13H,2,7-11H2,1H3/t13-,16+/m1/s1. The molecule has 4 heteroatoms. The lowest BCUT2D eigenvalue weighted by Gasteiger charge is -2.20. The van der Waals surface area contributed by atoms with E-state index in [4.69, 9.17) is 4.74 Å². The molecule has 4 rings (SSSR count). The number of benzene rings is 1. The number of hydrogen-bond donors (Lipinski definition) is 0. The molecule has 3 aliphatic rings. The van der Waals surface area contributed by atoms with Crippen molar-refractivity contribution >= 4 is 11.8 Å². The van der Waals surface area contributed by atoms with E-state index in [0.29, 0.717) is 18.6 Å². The zero-order valence-electron chi connectivity index (χ0n) is 11.8. The largest absolute Gasteiger partial charge is 0.447 e. The van der Waals surface area contributed by atoms with Crippen molar-refractivity contribution in [1.82, 2.24) is 4.90 Å². The van der Waals surface area contributed by atoms with Gasteiger partial charge in [0, 0.05) is 24.2 Å². The lowest BCUT2D eigenvalue weighted by molar-refractivity contribution is 0.181. The summed E-state index contributed by atoms with van der Waals surface area (Å²) in [5.41, 5.74) is 2.80. The van der Waals surface area contributed by atoms with E-state index < -0.39 is 0 Å². The quantitative estimate of drug-likeness (QED) is 0.846. The van der Waals surface area contributed by atoms with Crippen LogP contribution in [-0.2, 0) is 10.2 Å². The molecule has 2 atom stereocenters. The number of likely N-dealkylation sites (tertiary alicyclic amines) is 1. The predicted molar refractivity (Wildman–Crippen MR) is 77.0 cm³/mol. The lowest BCUT2D eigenvalue weighted by Crippen LogP contribution is -2.26. The van der Waals surface area contributed by atoms with Gasteiger partial charge in [0.15, 0.2) is 0 Å². The summed E-state index contributed by atoms with van der Waals surface area (Å²) in [6.45, 7) is 6.99. The van der Waals surface area contributed by atoms with Gasteiger partial charge in [-0.1, -0.05) is 19.1 Å². The van der Waals surface area contributed by atoms with Gasteiger partial charge in [0.2, 0.25) is 0 Å². The number of anilines is 1. The molecule has 1 aromatic rings. The number of carbonyl (C=O) groups excluding carboxylic acids is 1. The summed E-state index contributed by atoms with van der Waals surface area (Å²) in [4.78, 5) is 15.8. The maximum atomic E-state index is 11.6. The molecule has 4 nitrogen and oxygen atoms in total. The van der Waals surface area contributed by atoms with Gasteiger partial charge in [-0.05, 0) is 36.6 Å². The van der Waals surface area contributed by atoms with Gasteiger partial charge in [-0.15, -0.1) is 0 Å². The maximum Gasteiger partial charge on any atom is 0.414 e. The van der Waals surface area contributed by atoms with Crippen LogP contribution in [0.25, 0.3) is 0 Å². The van der Waals surface area contributed by atoms with Crippen LogP contribution in [0.1, 0.15) is 18.9 Å². The van der Waals surface area contributed by atoms with Crippen molar-refractivity contribution < 1.29 is 9.53 Å². The highest BCUT2D eigenvalue weighted by atomic mass is 16.6. The summed E-state index contributed by atoms with van der Waals surface area (Å²) in [5, 5.41) is 0. The number of piperidine rings is 1. The molecule has 0 unspecified atom stereocenters. The highest BCUT2D eigenvalue weighted by Crippen LogP contribution is 2.58. The Morgan fingerprint density at radius 3 is 2.75 bits per heavy atom. The van der Waals surface area contributed by atoms with E-state index in [-0.39, 0.29) is 6.09 Å². The van der Waals surface area contributed by atoms with Crippen molar-refractivity contribution in [3.05, 3.63) is 29.8 Å². The third kappa shape index (κ3) is 1.67. The van der Waals surface area contributed by atoms with Crippen LogP contribution in [0.4, 0.5) is 10.5 Å². The van der Waals surface area contributed by atoms with Gasteiger partial charge in [-0.2, -0.15) is 0 Å². The first-order chi connectivity index (χ1) is 9.73. The first-order valence-electron chi connectivity index (χ1n) is 7.50. The predicted octanol–water partition coefficient (Wildman–Crippen LogP) is 2.24. The highest BCUT2D eigenvalue weighted by molar-refractivity contribution is 5.89. The molecule has 0 spiro atoms. The average molecular weight is 272 g/mol. The van der Waals surface area contributed by atoms with E-state index in [0.717, 1.165) is 18.2 Å². The summed E-state index contributed by atoms with van der Waals surface area (Å²) in [6, 6.07) is 8.56. The van der Waals surface area contributed by atoms with Crippen molar-refractivity contribution in [3.8, 4) is 0 Å². The Balaban J connectivity index is 1.55. The second-order valence-electron chi connectivity index (χ2n) is 6.20. The van der Waals surface area contributed by atoms with Crippen molar-refractivity contribution in [3.63, 3.8) is 0 Å². The van der Waals surface area contributed by atoms with Crippen LogP contribution in [0.2, 0.25) is 0 Å². The van der Waals surface area contributed by atoms with Crippen LogP contribution in [0.3, 0.4) is 0 Å². The van der Waals surface area contributed by atoms with Gasteiger partial charge in [0.25, 0.3) is 0 Å². The molecule has 0 bridgehead atoms. The molecule has 3 fully saturated rings. The topological polar surface area (TPSA) is 32.8 Å². The van der Waals surface area contributed by atoms with Crippen molar-refractivity contribution in [2.45, 2.75) is 18.8 Å². The Labute approximate surface area is 119 Å². The number of rotatable bonds is 3. The van der Waals surface area contributed by atoms with Crippen LogP contribution < -0.4 is 4.90 Å². The fraction of sp³-hybridized carbons (Fsp3) is 0.562. The third-order valence-corrected chi connectivity index (χ3v) is 5.18. The third-order valence-electron chi connectivity index (χ3n) is 5.18. The van der Waals surface area contributed by atoms with Gasteiger partial charge in [-0.25, -0.2) is 4.79 Å². The average Bonchev–Trinajstić information content (AvgIpc) is 2.84. The molecular formula is C16H20N2O2. The van der Waals surface area contributed by atoms with Gasteiger partial charge in [0.05, 0.1) is 6.54 Å². The second kappa shape index (κ2) is 4.22. The van der Waals surface area contributed by atoms with E-state index in [2.05, 4.69) is 36.1 Å². The highest BCUT2D eigenvalue weighted by Gasteiger charge is 2.60. The van der Waals surface area contributed by atoms with E-state index in [1.807, 2.05) is 0 Å². The van der Waals surface area contributed by atoms with Crippen molar-refractivity contribution in [2.24, 2.45) is 5.92 Å². The van der Waals surface area contributed by atoms with Crippen molar-refractivity contribution in [1.29, 1.82) is 0 Å². The molecule has 2 saturated heterocycles. The molecule has 0 aromatic heterocycles. The summed E-state index contributed by atoms with van der Waals surface area (Å²) in [6.07, 6.45) is 1.10. The number of cyclic esters (lactones) is 1. The Bertz CT molecular complexity index is 542. The smallest absolute Gasteiger partial charge is 0.414 e. The van der Waals surface area contributed by atoms with Gasteiger partial charge in [0.1, 0.15) is 6.61 Å². The van der Waals surface area contributed by atoms with Crippen molar-refractivity contribution in [2.75, 3.05) is 37.7 Å². The number of nitrogens with zero attached hydrogens (tertiary/aromatic N) is 2. The molecule has 1 aromatic carbocycles. The normalized spacial score (nSPS) is 32.4. The van der Waals surface area contributed by atoms with Gasteiger partial charge in [-0.3, -0.25) is 4.90 Å². The molecule has 0 N–H and O–H groups in total.